The highest BCUT2D eigenvalue weighted by atomic mass is 32.1. The van der Waals surface area contributed by atoms with Crippen molar-refractivity contribution < 1.29 is 19.1 Å². The number of thiophene rings is 2. The lowest BCUT2D eigenvalue weighted by molar-refractivity contribution is 0.0635. The van der Waals surface area contributed by atoms with Gasteiger partial charge in [0.25, 0.3) is 0 Å². The van der Waals surface area contributed by atoms with Gasteiger partial charge in [-0.15, -0.1) is 11.3 Å². The number of pyridine rings is 1. The van der Waals surface area contributed by atoms with E-state index >= 15 is 0 Å². The molecule has 1 aliphatic heterocycles. The summed E-state index contributed by atoms with van der Waals surface area (Å²) in [6, 6.07) is 5.26. The molecule has 39 heavy (non-hydrogen) atoms. The maximum atomic E-state index is 13.0. The summed E-state index contributed by atoms with van der Waals surface area (Å²) in [6.07, 6.45) is 3.59. The quantitative estimate of drug-likeness (QED) is 0.286. The molecule has 0 bridgehead atoms. The molecule has 0 atom stereocenters. The molecule has 208 valence electrons. The minimum absolute atomic E-state index is 0.103. The molecule has 3 aromatic rings. The van der Waals surface area contributed by atoms with E-state index in [1.54, 1.807) is 43.3 Å². The van der Waals surface area contributed by atoms with Crippen molar-refractivity contribution in [1.29, 1.82) is 0 Å². The minimum atomic E-state index is -0.615. The Bertz CT molecular complexity index is 1250. The van der Waals surface area contributed by atoms with Gasteiger partial charge in [-0.05, 0) is 80.7 Å². The van der Waals surface area contributed by atoms with Crippen LogP contribution in [0.2, 0.25) is 0 Å². The van der Waals surface area contributed by atoms with Crippen molar-refractivity contribution in [2.24, 2.45) is 0 Å². The predicted octanol–water partition coefficient (Wildman–Crippen LogP) is 6.11. The lowest BCUT2D eigenvalue weighted by Crippen LogP contribution is -2.39. The SMILES string of the molecule is CC(C)(C)OC(=O)Nc1cscc1CC(=O)c1ccc(CN(CCN2CCCC2)C(=O)Nc2ccsc2)cn1. The molecule has 2 N–H and O–H groups in total. The third-order valence-electron chi connectivity index (χ3n) is 6.16. The monoisotopic (exact) mass is 569 g/mol. The van der Waals surface area contributed by atoms with E-state index < -0.39 is 11.7 Å². The molecule has 1 saturated heterocycles. The summed E-state index contributed by atoms with van der Waals surface area (Å²) in [4.78, 5) is 46.7. The van der Waals surface area contributed by atoms with Crippen LogP contribution in [0.5, 0.6) is 0 Å². The Morgan fingerprint density at radius 1 is 1.05 bits per heavy atom. The highest BCUT2D eigenvalue weighted by Gasteiger charge is 2.20. The van der Waals surface area contributed by atoms with Gasteiger partial charge in [0.1, 0.15) is 11.3 Å². The Hall–Kier alpha value is -3.28. The number of anilines is 2. The number of hydrogen-bond donors (Lipinski definition) is 2. The second kappa shape index (κ2) is 13.2. The highest BCUT2D eigenvalue weighted by molar-refractivity contribution is 7.08. The van der Waals surface area contributed by atoms with Crippen LogP contribution in [-0.2, 0) is 17.7 Å². The fraction of sp³-hybridized carbons (Fsp3) is 0.429. The van der Waals surface area contributed by atoms with Gasteiger partial charge in [-0.3, -0.25) is 15.1 Å². The van der Waals surface area contributed by atoms with Gasteiger partial charge < -0.3 is 19.9 Å². The molecule has 0 aromatic carbocycles. The van der Waals surface area contributed by atoms with Crippen LogP contribution >= 0.6 is 22.7 Å². The van der Waals surface area contributed by atoms with Crippen LogP contribution in [0.15, 0.2) is 45.9 Å². The molecule has 0 spiro atoms. The Balaban J connectivity index is 1.37. The van der Waals surface area contributed by atoms with E-state index in [0.29, 0.717) is 30.0 Å². The van der Waals surface area contributed by atoms with E-state index in [0.717, 1.165) is 30.9 Å². The third-order valence-corrected chi connectivity index (χ3v) is 7.63. The zero-order valence-electron chi connectivity index (χ0n) is 22.6. The number of nitrogens with zero attached hydrogens (tertiary/aromatic N) is 3. The van der Waals surface area contributed by atoms with Gasteiger partial charge in [0.05, 0.1) is 11.4 Å². The number of ether oxygens (including phenoxy) is 1. The Kier molecular flexibility index (Phi) is 9.71. The number of ketones is 1. The van der Waals surface area contributed by atoms with Crippen LogP contribution in [0.1, 0.15) is 55.2 Å². The van der Waals surface area contributed by atoms with E-state index in [-0.39, 0.29) is 18.2 Å². The first-order valence-corrected chi connectivity index (χ1v) is 14.9. The zero-order valence-corrected chi connectivity index (χ0v) is 24.2. The average Bonchev–Trinajstić information content (AvgIpc) is 3.65. The number of amides is 3. The fourth-order valence-corrected chi connectivity index (χ4v) is 5.59. The van der Waals surface area contributed by atoms with Gasteiger partial charge >= 0.3 is 12.1 Å². The molecule has 0 saturated carbocycles. The Morgan fingerprint density at radius 3 is 2.51 bits per heavy atom. The van der Waals surface area contributed by atoms with E-state index in [2.05, 4.69) is 20.5 Å². The predicted molar refractivity (Wildman–Crippen MR) is 156 cm³/mol. The maximum Gasteiger partial charge on any atom is 0.412 e. The van der Waals surface area contributed by atoms with Crippen molar-refractivity contribution in [2.45, 2.75) is 52.2 Å². The maximum absolute atomic E-state index is 13.0. The van der Waals surface area contributed by atoms with Crippen molar-refractivity contribution in [1.82, 2.24) is 14.8 Å². The van der Waals surface area contributed by atoms with Gasteiger partial charge in [-0.1, -0.05) is 6.07 Å². The van der Waals surface area contributed by atoms with Crippen LogP contribution < -0.4 is 10.6 Å². The summed E-state index contributed by atoms with van der Waals surface area (Å²) >= 11 is 2.93. The molecule has 0 radical (unpaired) electrons. The van der Waals surface area contributed by atoms with E-state index in [1.165, 1.54) is 35.5 Å². The molecule has 0 aliphatic carbocycles. The van der Waals surface area contributed by atoms with Crippen LogP contribution in [0.25, 0.3) is 0 Å². The highest BCUT2D eigenvalue weighted by Crippen LogP contribution is 2.24. The van der Waals surface area contributed by atoms with Gasteiger partial charge in [0.15, 0.2) is 5.78 Å². The van der Waals surface area contributed by atoms with E-state index in [4.69, 9.17) is 4.74 Å². The minimum Gasteiger partial charge on any atom is -0.444 e. The second-order valence-corrected chi connectivity index (χ2v) is 12.0. The number of carbonyl (C=O) groups excluding carboxylic acids is 3. The molecule has 3 aromatic heterocycles. The number of likely N-dealkylation sites (tertiary alicyclic amines) is 1. The summed E-state index contributed by atoms with van der Waals surface area (Å²) in [6.45, 7) is 9.33. The van der Waals surface area contributed by atoms with Crippen molar-refractivity contribution in [3.05, 3.63) is 62.7 Å². The number of urea groups is 1. The van der Waals surface area contributed by atoms with Crippen molar-refractivity contribution in [3.8, 4) is 0 Å². The van der Waals surface area contributed by atoms with Crippen LogP contribution in [0.4, 0.5) is 21.0 Å². The Morgan fingerprint density at radius 2 is 1.85 bits per heavy atom. The van der Waals surface area contributed by atoms with Crippen molar-refractivity contribution >= 4 is 52.0 Å². The van der Waals surface area contributed by atoms with Crippen LogP contribution in [0.3, 0.4) is 0 Å². The number of rotatable bonds is 10. The molecular weight excluding hydrogens is 534 g/mol. The van der Waals surface area contributed by atoms with E-state index in [9.17, 15) is 14.4 Å². The van der Waals surface area contributed by atoms with Gasteiger partial charge in [0, 0.05) is 43.0 Å². The van der Waals surface area contributed by atoms with Crippen molar-refractivity contribution in [2.75, 3.05) is 36.8 Å². The summed E-state index contributed by atoms with van der Waals surface area (Å²) in [5.74, 6) is -0.159. The number of aromatic nitrogens is 1. The zero-order chi connectivity index (χ0) is 27.8. The topological polar surface area (TPSA) is 104 Å². The number of carbonyl (C=O) groups is 3. The standard InChI is InChI=1S/C28H35N5O4S2/c1-28(2,3)37-27(36)31-24-19-39-17-21(24)14-25(34)23-7-6-20(15-29-23)16-33(12-11-32-9-4-5-10-32)26(35)30-22-8-13-38-18-22/h6-8,13,15,17-19H,4-5,9-12,14,16H2,1-3H3,(H,30,35)(H,31,36). The molecular formula is C28H35N5O4S2. The summed E-state index contributed by atoms with van der Waals surface area (Å²) < 4.78 is 5.32. The lowest BCUT2D eigenvalue weighted by atomic mass is 10.1. The van der Waals surface area contributed by atoms with Crippen LogP contribution in [0, 0.1) is 0 Å². The smallest absolute Gasteiger partial charge is 0.412 e. The third kappa shape index (κ3) is 8.87. The molecule has 9 nitrogen and oxygen atoms in total. The normalized spacial score (nSPS) is 13.7. The van der Waals surface area contributed by atoms with Crippen molar-refractivity contribution in [3.63, 3.8) is 0 Å². The molecule has 11 heteroatoms. The molecule has 1 fully saturated rings. The van der Waals surface area contributed by atoms with Gasteiger partial charge in [0.2, 0.25) is 0 Å². The molecule has 1 aliphatic rings. The average molecular weight is 570 g/mol. The lowest BCUT2D eigenvalue weighted by Gasteiger charge is -2.25. The molecule has 3 amide bonds. The molecule has 4 rings (SSSR count). The van der Waals surface area contributed by atoms with Gasteiger partial charge in [-0.25, -0.2) is 9.59 Å². The van der Waals surface area contributed by atoms with Gasteiger partial charge in [-0.2, -0.15) is 11.3 Å². The first-order chi connectivity index (χ1) is 18.7. The first kappa shape index (κ1) is 28.7. The Labute approximate surface area is 237 Å². The largest absolute Gasteiger partial charge is 0.444 e. The summed E-state index contributed by atoms with van der Waals surface area (Å²) in [5, 5.41) is 13.1. The summed E-state index contributed by atoms with van der Waals surface area (Å²) in [7, 11) is 0. The van der Waals surface area contributed by atoms with E-state index in [1.807, 2.05) is 28.3 Å². The second-order valence-electron chi connectivity index (χ2n) is 10.5. The molecule has 0 unspecified atom stereocenters. The first-order valence-electron chi connectivity index (χ1n) is 13.0. The number of hydrogen-bond acceptors (Lipinski definition) is 8. The fourth-order valence-electron chi connectivity index (χ4n) is 4.21. The summed E-state index contributed by atoms with van der Waals surface area (Å²) in [5.41, 5.74) is 2.61. The molecule has 4 heterocycles. The number of Topliss-reactive ketones (excluding diaryl/α,β-unsaturated/α-hetero) is 1. The van der Waals surface area contributed by atoms with Crippen LogP contribution in [-0.4, -0.2) is 64.5 Å². The number of nitrogens with one attached hydrogen (secondary N) is 2.